The highest BCUT2D eigenvalue weighted by Crippen LogP contribution is 2.27. The zero-order valence-corrected chi connectivity index (χ0v) is 10.00. The molecule has 1 saturated heterocycles. The Hall–Kier alpha value is -0.910. The molecule has 2 aromatic heterocycles. The fourth-order valence-corrected chi connectivity index (χ4v) is 3.13. The molecule has 2 unspecified atom stereocenters. The standard InChI is InChI=1S/C11H15N3OS/c1-7-9(10-8(15)3-2-4-12-10)13-11-14(7)5-6-16-11/h5-6,8,10,12,15H,2-4H2,1H3. The Morgan fingerprint density at radius 2 is 2.50 bits per heavy atom. The fourth-order valence-electron chi connectivity index (χ4n) is 2.36. The van der Waals surface area contributed by atoms with Gasteiger partial charge in [0.1, 0.15) is 0 Å². The second-order valence-corrected chi connectivity index (χ2v) is 5.15. The van der Waals surface area contributed by atoms with Crippen LogP contribution in [0.15, 0.2) is 11.6 Å². The highest BCUT2D eigenvalue weighted by molar-refractivity contribution is 7.15. The summed E-state index contributed by atoms with van der Waals surface area (Å²) < 4.78 is 2.09. The molecule has 0 radical (unpaired) electrons. The Morgan fingerprint density at radius 3 is 3.25 bits per heavy atom. The van der Waals surface area contributed by atoms with E-state index in [1.807, 2.05) is 11.6 Å². The molecule has 3 heterocycles. The van der Waals surface area contributed by atoms with Gasteiger partial charge in [0.05, 0.1) is 17.8 Å². The average molecular weight is 237 g/mol. The summed E-state index contributed by atoms with van der Waals surface area (Å²) in [6.45, 7) is 3.03. The van der Waals surface area contributed by atoms with Crippen molar-refractivity contribution in [3.8, 4) is 0 Å². The van der Waals surface area contributed by atoms with Crippen molar-refractivity contribution in [2.75, 3.05) is 6.54 Å². The van der Waals surface area contributed by atoms with Crippen LogP contribution in [-0.2, 0) is 0 Å². The number of aliphatic hydroxyl groups excluding tert-OH is 1. The van der Waals surface area contributed by atoms with Gasteiger partial charge < -0.3 is 10.4 Å². The Kier molecular flexibility index (Phi) is 2.46. The van der Waals surface area contributed by atoms with E-state index in [1.54, 1.807) is 11.3 Å². The van der Waals surface area contributed by atoms with Crippen LogP contribution in [0.3, 0.4) is 0 Å². The van der Waals surface area contributed by atoms with E-state index >= 15 is 0 Å². The maximum Gasteiger partial charge on any atom is 0.194 e. The summed E-state index contributed by atoms with van der Waals surface area (Å²) in [5.41, 5.74) is 2.13. The third kappa shape index (κ3) is 1.47. The Morgan fingerprint density at radius 1 is 1.62 bits per heavy atom. The van der Waals surface area contributed by atoms with Crippen LogP contribution < -0.4 is 5.32 Å². The highest BCUT2D eigenvalue weighted by atomic mass is 32.1. The van der Waals surface area contributed by atoms with Gasteiger partial charge in [-0.3, -0.25) is 4.40 Å². The number of aliphatic hydroxyl groups is 1. The van der Waals surface area contributed by atoms with Crippen molar-refractivity contribution in [2.45, 2.75) is 31.9 Å². The Bertz CT molecular complexity index is 504. The quantitative estimate of drug-likeness (QED) is 0.790. The first-order valence-electron chi connectivity index (χ1n) is 5.61. The largest absolute Gasteiger partial charge is 0.391 e. The van der Waals surface area contributed by atoms with Crippen LogP contribution >= 0.6 is 11.3 Å². The molecule has 3 rings (SSSR count). The van der Waals surface area contributed by atoms with Crippen molar-refractivity contribution < 1.29 is 5.11 Å². The van der Waals surface area contributed by atoms with Crippen LogP contribution in [0.1, 0.15) is 30.3 Å². The summed E-state index contributed by atoms with van der Waals surface area (Å²) in [5, 5.41) is 15.4. The van der Waals surface area contributed by atoms with Crippen molar-refractivity contribution in [1.82, 2.24) is 14.7 Å². The van der Waals surface area contributed by atoms with Crippen molar-refractivity contribution in [2.24, 2.45) is 0 Å². The molecule has 1 aliphatic heterocycles. The third-order valence-electron chi connectivity index (χ3n) is 3.26. The number of thiazole rings is 1. The first-order chi connectivity index (χ1) is 7.77. The number of fused-ring (bicyclic) bond motifs is 1. The van der Waals surface area contributed by atoms with E-state index in [0.717, 1.165) is 35.7 Å². The van der Waals surface area contributed by atoms with Gasteiger partial charge in [0.25, 0.3) is 0 Å². The van der Waals surface area contributed by atoms with Crippen LogP contribution in [0.25, 0.3) is 4.96 Å². The van der Waals surface area contributed by atoms with Crippen molar-refractivity contribution >= 4 is 16.3 Å². The summed E-state index contributed by atoms with van der Waals surface area (Å²) in [5.74, 6) is 0. The smallest absolute Gasteiger partial charge is 0.194 e. The lowest BCUT2D eigenvalue weighted by Gasteiger charge is -2.28. The molecule has 5 heteroatoms. The van der Waals surface area contributed by atoms with Crippen LogP contribution in [0.2, 0.25) is 0 Å². The summed E-state index contributed by atoms with van der Waals surface area (Å²) in [6, 6.07) is 0.000787. The molecule has 1 aliphatic rings. The van der Waals surface area contributed by atoms with E-state index in [2.05, 4.69) is 21.6 Å². The number of hydrogen-bond donors (Lipinski definition) is 2. The fraction of sp³-hybridized carbons (Fsp3) is 0.545. The number of nitrogens with one attached hydrogen (secondary N) is 1. The minimum absolute atomic E-state index is 0.000787. The van der Waals surface area contributed by atoms with Crippen LogP contribution in [-0.4, -0.2) is 27.1 Å². The highest BCUT2D eigenvalue weighted by Gasteiger charge is 2.28. The molecule has 2 aromatic rings. The molecule has 0 aromatic carbocycles. The van der Waals surface area contributed by atoms with Gasteiger partial charge in [0.15, 0.2) is 4.96 Å². The topological polar surface area (TPSA) is 49.6 Å². The first kappa shape index (κ1) is 10.3. The Labute approximate surface area is 97.9 Å². The molecular formula is C11H15N3OS. The number of piperidine rings is 1. The molecule has 16 heavy (non-hydrogen) atoms. The third-order valence-corrected chi connectivity index (χ3v) is 4.01. The lowest BCUT2D eigenvalue weighted by Crippen LogP contribution is -2.38. The van der Waals surface area contributed by atoms with Crippen molar-refractivity contribution in [1.29, 1.82) is 0 Å². The minimum Gasteiger partial charge on any atom is -0.391 e. The molecule has 86 valence electrons. The van der Waals surface area contributed by atoms with Gasteiger partial charge in [0, 0.05) is 17.3 Å². The Balaban J connectivity index is 2.03. The maximum atomic E-state index is 10.0. The van der Waals surface area contributed by atoms with Crippen LogP contribution in [0.5, 0.6) is 0 Å². The van der Waals surface area contributed by atoms with Gasteiger partial charge in [-0.25, -0.2) is 4.98 Å². The molecule has 1 fully saturated rings. The summed E-state index contributed by atoms with van der Waals surface area (Å²) in [7, 11) is 0. The monoisotopic (exact) mass is 237 g/mol. The second kappa shape index (κ2) is 3.84. The average Bonchev–Trinajstić information content (AvgIpc) is 2.83. The number of aryl methyl sites for hydroxylation is 1. The van der Waals surface area contributed by atoms with Gasteiger partial charge >= 0.3 is 0 Å². The number of hydrogen-bond acceptors (Lipinski definition) is 4. The number of nitrogens with zero attached hydrogens (tertiary/aromatic N) is 2. The zero-order valence-electron chi connectivity index (χ0n) is 9.18. The molecule has 4 nitrogen and oxygen atoms in total. The molecular weight excluding hydrogens is 222 g/mol. The predicted molar refractivity (Wildman–Crippen MR) is 63.8 cm³/mol. The second-order valence-electron chi connectivity index (χ2n) is 4.28. The first-order valence-corrected chi connectivity index (χ1v) is 6.49. The van der Waals surface area contributed by atoms with E-state index < -0.39 is 0 Å². The summed E-state index contributed by atoms with van der Waals surface area (Å²) >= 11 is 1.63. The number of imidazole rings is 1. The molecule has 2 N–H and O–H groups in total. The van der Waals surface area contributed by atoms with Gasteiger partial charge in [-0.1, -0.05) is 0 Å². The normalized spacial score (nSPS) is 26.4. The molecule has 0 saturated carbocycles. The van der Waals surface area contributed by atoms with E-state index in [1.165, 1.54) is 0 Å². The zero-order chi connectivity index (χ0) is 11.1. The van der Waals surface area contributed by atoms with Gasteiger partial charge in [-0.15, -0.1) is 11.3 Å². The molecule has 0 spiro atoms. The lowest BCUT2D eigenvalue weighted by molar-refractivity contribution is 0.0946. The van der Waals surface area contributed by atoms with Gasteiger partial charge in [-0.05, 0) is 26.3 Å². The summed E-state index contributed by atoms with van der Waals surface area (Å²) in [4.78, 5) is 5.61. The molecule has 0 amide bonds. The van der Waals surface area contributed by atoms with E-state index in [4.69, 9.17) is 0 Å². The predicted octanol–water partition coefficient (Wildman–Crippen LogP) is 1.49. The molecule has 2 atom stereocenters. The van der Waals surface area contributed by atoms with E-state index in [9.17, 15) is 5.11 Å². The SMILES string of the molecule is Cc1c(C2NCCCC2O)nc2sccn12. The number of rotatable bonds is 1. The van der Waals surface area contributed by atoms with Crippen molar-refractivity contribution in [3.63, 3.8) is 0 Å². The summed E-state index contributed by atoms with van der Waals surface area (Å²) in [6.07, 6.45) is 3.62. The van der Waals surface area contributed by atoms with Crippen molar-refractivity contribution in [3.05, 3.63) is 23.0 Å². The lowest BCUT2D eigenvalue weighted by atomic mass is 9.98. The van der Waals surface area contributed by atoms with Gasteiger partial charge in [0.2, 0.25) is 0 Å². The van der Waals surface area contributed by atoms with Crippen LogP contribution in [0.4, 0.5) is 0 Å². The minimum atomic E-state index is -0.308. The van der Waals surface area contributed by atoms with Gasteiger partial charge in [-0.2, -0.15) is 0 Å². The van der Waals surface area contributed by atoms with Crippen LogP contribution in [0, 0.1) is 6.92 Å². The van der Waals surface area contributed by atoms with E-state index in [-0.39, 0.29) is 12.1 Å². The molecule has 0 aliphatic carbocycles. The maximum absolute atomic E-state index is 10.0. The van der Waals surface area contributed by atoms with E-state index in [0.29, 0.717) is 0 Å². The molecule has 0 bridgehead atoms. The number of aromatic nitrogens is 2.